The summed E-state index contributed by atoms with van der Waals surface area (Å²) in [6, 6.07) is 13.4. The molecule has 0 amide bonds. The van der Waals surface area contributed by atoms with Crippen LogP contribution >= 0.6 is 12.4 Å². The van der Waals surface area contributed by atoms with Crippen LogP contribution in [0.2, 0.25) is 0 Å². The Hall–Kier alpha value is -2.22. The summed E-state index contributed by atoms with van der Waals surface area (Å²) in [4.78, 5) is -0.0248. The van der Waals surface area contributed by atoms with Crippen LogP contribution in [0.15, 0.2) is 59.5 Å². The largest absolute Gasteiger partial charge is 0.398 e. The number of halogens is 3. The van der Waals surface area contributed by atoms with E-state index >= 15 is 0 Å². The van der Waals surface area contributed by atoms with Crippen molar-refractivity contribution in [3.8, 4) is 0 Å². The number of hydrogen-bond acceptors (Lipinski definition) is 3. The number of anilines is 1. The van der Waals surface area contributed by atoms with Crippen LogP contribution in [-0.2, 0) is 16.6 Å². The summed E-state index contributed by atoms with van der Waals surface area (Å²) in [7, 11) is -3.93. The maximum absolute atomic E-state index is 13.2. The zero-order chi connectivity index (χ0) is 17.3. The van der Waals surface area contributed by atoms with E-state index in [1.165, 1.54) is 12.1 Å². The maximum atomic E-state index is 13.2. The monoisotopic (exact) mass is 384 g/mol. The van der Waals surface area contributed by atoms with E-state index in [0.717, 1.165) is 17.5 Å². The highest BCUT2D eigenvalue weighted by atomic mass is 35.5. The van der Waals surface area contributed by atoms with E-state index in [-0.39, 0.29) is 29.5 Å². The molecule has 0 aliphatic carbocycles. The topological polar surface area (TPSA) is 72.2 Å². The van der Waals surface area contributed by atoms with Gasteiger partial charge in [-0.15, -0.1) is 12.4 Å². The van der Waals surface area contributed by atoms with E-state index in [1.807, 2.05) is 0 Å². The van der Waals surface area contributed by atoms with Gasteiger partial charge in [-0.1, -0.05) is 36.4 Å². The molecule has 0 heterocycles. The maximum Gasteiger partial charge on any atom is 0.243 e. The van der Waals surface area contributed by atoms with Crippen LogP contribution in [0.25, 0.3) is 10.8 Å². The van der Waals surface area contributed by atoms with Gasteiger partial charge in [0.2, 0.25) is 10.0 Å². The fourth-order valence-electron chi connectivity index (χ4n) is 2.46. The summed E-state index contributed by atoms with van der Waals surface area (Å²) in [5.41, 5.74) is 6.28. The molecular formula is C17H15ClF2N2O2S. The molecule has 0 atom stereocenters. The number of rotatable bonds is 4. The van der Waals surface area contributed by atoms with Crippen LogP contribution in [0.5, 0.6) is 0 Å². The third-order valence-corrected chi connectivity index (χ3v) is 5.15. The molecule has 0 radical (unpaired) electrons. The Labute approximate surface area is 150 Å². The minimum atomic E-state index is -3.93. The molecule has 0 fully saturated rings. The summed E-state index contributed by atoms with van der Waals surface area (Å²) in [6.07, 6.45) is 0. The van der Waals surface area contributed by atoms with E-state index in [0.29, 0.717) is 10.9 Å². The van der Waals surface area contributed by atoms with Crippen molar-refractivity contribution >= 4 is 38.9 Å². The standard InChI is InChI=1S/C17H14F2N2O2S.ClH/c18-14-7-5-11(9-15(14)19)10-21-24(22,23)17-13-4-2-1-3-12(13)6-8-16(17)20;/h1-9,21H,10,20H2;1H. The first-order chi connectivity index (χ1) is 11.4. The van der Waals surface area contributed by atoms with Gasteiger partial charge in [0.05, 0.1) is 5.69 Å². The van der Waals surface area contributed by atoms with E-state index in [2.05, 4.69) is 4.72 Å². The van der Waals surface area contributed by atoms with Crippen LogP contribution in [0, 0.1) is 11.6 Å². The Kier molecular flexibility index (Phi) is 5.62. The van der Waals surface area contributed by atoms with Gasteiger partial charge in [0.15, 0.2) is 11.6 Å². The first-order valence-corrected chi connectivity index (χ1v) is 8.57. The predicted molar refractivity (Wildman–Crippen MR) is 96.0 cm³/mol. The smallest absolute Gasteiger partial charge is 0.243 e. The molecule has 0 saturated carbocycles. The normalized spacial score (nSPS) is 11.3. The van der Waals surface area contributed by atoms with Gasteiger partial charge in [0, 0.05) is 11.9 Å². The highest BCUT2D eigenvalue weighted by Crippen LogP contribution is 2.28. The first-order valence-electron chi connectivity index (χ1n) is 7.09. The molecule has 0 spiro atoms. The number of nitrogens with one attached hydrogen (secondary N) is 1. The molecule has 0 aliphatic heterocycles. The highest BCUT2D eigenvalue weighted by molar-refractivity contribution is 7.89. The van der Waals surface area contributed by atoms with Crippen LogP contribution in [0.1, 0.15) is 5.56 Å². The molecule has 25 heavy (non-hydrogen) atoms. The SMILES string of the molecule is Cl.Nc1ccc2ccccc2c1S(=O)(=O)NCc1ccc(F)c(F)c1. The summed E-state index contributed by atoms with van der Waals surface area (Å²) in [5.74, 6) is -2.02. The van der Waals surface area contributed by atoms with E-state index < -0.39 is 21.7 Å². The van der Waals surface area contributed by atoms with Crippen molar-refractivity contribution in [1.29, 1.82) is 0 Å². The molecule has 8 heteroatoms. The number of benzene rings is 3. The van der Waals surface area contributed by atoms with Gasteiger partial charge in [0.25, 0.3) is 0 Å². The summed E-state index contributed by atoms with van der Waals surface area (Å²) < 4.78 is 53.8. The molecular weight excluding hydrogens is 370 g/mol. The van der Waals surface area contributed by atoms with E-state index in [1.54, 1.807) is 30.3 Å². The molecule has 132 valence electrons. The molecule has 3 N–H and O–H groups in total. The van der Waals surface area contributed by atoms with Gasteiger partial charge in [-0.2, -0.15) is 0 Å². The van der Waals surface area contributed by atoms with Gasteiger partial charge in [-0.05, 0) is 29.1 Å². The second kappa shape index (κ2) is 7.35. The second-order valence-electron chi connectivity index (χ2n) is 5.28. The second-order valence-corrected chi connectivity index (χ2v) is 6.98. The minimum Gasteiger partial charge on any atom is -0.398 e. The zero-order valence-corrected chi connectivity index (χ0v) is 14.5. The molecule has 0 saturated heterocycles. The molecule has 0 aliphatic rings. The summed E-state index contributed by atoms with van der Waals surface area (Å²) >= 11 is 0. The van der Waals surface area contributed by atoms with Crippen molar-refractivity contribution in [3.63, 3.8) is 0 Å². The molecule has 3 rings (SSSR count). The van der Waals surface area contributed by atoms with Crippen LogP contribution in [0.4, 0.5) is 14.5 Å². The van der Waals surface area contributed by atoms with Crippen molar-refractivity contribution in [2.24, 2.45) is 0 Å². The van der Waals surface area contributed by atoms with Gasteiger partial charge < -0.3 is 5.73 Å². The Morgan fingerprint density at radius 3 is 2.40 bits per heavy atom. The average molecular weight is 385 g/mol. The lowest BCUT2D eigenvalue weighted by atomic mass is 10.1. The molecule has 3 aromatic carbocycles. The lowest BCUT2D eigenvalue weighted by molar-refractivity contribution is 0.506. The average Bonchev–Trinajstić information content (AvgIpc) is 2.55. The first kappa shape index (κ1) is 19.1. The highest BCUT2D eigenvalue weighted by Gasteiger charge is 2.20. The third kappa shape index (κ3) is 3.89. The number of sulfonamides is 1. The van der Waals surface area contributed by atoms with Gasteiger partial charge in [-0.25, -0.2) is 21.9 Å². The van der Waals surface area contributed by atoms with Gasteiger partial charge in [0.1, 0.15) is 4.90 Å². The van der Waals surface area contributed by atoms with Gasteiger partial charge >= 0.3 is 0 Å². The molecule has 4 nitrogen and oxygen atoms in total. The van der Waals surface area contributed by atoms with Crippen LogP contribution in [-0.4, -0.2) is 8.42 Å². The fourth-order valence-corrected chi connectivity index (χ4v) is 3.81. The van der Waals surface area contributed by atoms with Gasteiger partial charge in [-0.3, -0.25) is 0 Å². The van der Waals surface area contributed by atoms with E-state index in [4.69, 9.17) is 5.73 Å². The number of hydrogen-bond donors (Lipinski definition) is 2. The van der Waals surface area contributed by atoms with Crippen molar-refractivity contribution in [2.75, 3.05) is 5.73 Å². The summed E-state index contributed by atoms with van der Waals surface area (Å²) in [5, 5.41) is 1.23. The zero-order valence-electron chi connectivity index (χ0n) is 12.9. The van der Waals surface area contributed by atoms with Crippen molar-refractivity contribution in [1.82, 2.24) is 4.72 Å². The third-order valence-electron chi connectivity index (χ3n) is 3.63. The van der Waals surface area contributed by atoms with Crippen molar-refractivity contribution < 1.29 is 17.2 Å². The Balaban J connectivity index is 0.00000225. The van der Waals surface area contributed by atoms with Crippen molar-refractivity contribution in [2.45, 2.75) is 11.4 Å². The quantitative estimate of drug-likeness (QED) is 0.675. The van der Waals surface area contributed by atoms with Crippen LogP contribution < -0.4 is 10.5 Å². The molecule has 0 aromatic heterocycles. The number of fused-ring (bicyclic) bond motifs is 1. The Morgan fingerprint density at radius 2 is 1.68 bits per heavy atom. The summed E-state index contributed by atoms with van der Waals surface area (Å²) in [6.45, 7) is -0.178. The predicted octanol–water partition coefficient (Wildman–Crippen LogP) is 3.60. The lowest BCUT2D eigenvalue weighted by Gasteiger charge is -2.12. The molecule has 3 aromatic rings. The van der Waals surface area contributed by atoms with E-state index in [9.17, 15) is 17.2 Å². The molecule has 0 unspecified atom stereocenters. The molecule has 0 bridgehead atoms. The fraction of sp³-hybridized carbons (Fsp3) is 0.0588. The van der Waals surface area contributed by atoms with Crippen molar-refractivity contribution in [3.05, 3.63) is 71.8 Å². The Bertz CT molecular complexity index is 1030. The Morgan fingerprint density at radius 1 is 0.960 bits per heavy atom. The minimum absolute atomic E-state index is 0. The van der Waals surface area contributed by atoms with Crippen LogP contribution in [0.3, 0.4) is 0 Å². The number of nitrogens with two attached hydrogens (primary N) is 1. The lowest BCUT2D eigenvalue weighted by Crippen LogP contribution is -2.24. The number of nitrogen functional groups attached to an aromatic ring is 1.